The van der Waals surface area contributed by atoms with Crippen molar-refractivity contribution in [1.29, 1.82) is 0 Å². The van der Waals surface area contributed by atoms with Crippen molar-refractivity contribution in [3.63, 3.8) is 0 Å². The number of benzene rings is 1. The third-order valence-electron chi connectivity index (χ3n) is 2.40. The Balaban J connectivity index is 1.80. The van der Waals surface area contributed by atoms with Crippen molar-refractivity contribution in [1.82, 2.24) is 9.55 Å². The predicted octanol–water partition coefficient (Wildman–Crippen LogP) is 3.69. The van der Waals surface area contributed by atoms with E-state index >= 15 is 0 Å². The van der Waals surface area contributed by atoms with Crippen molar-refractivity contribution in [2.24, 2.45) is 0 Å². The summed E-state index contributed by atoms with van der Waals surface area (Å²) in [4.78, 5) is 3.99. The maximum Gasteiger partial charge on any atom is 0.0945 e. The second-order valence-electron chi connectivity index (χ2n) is 3.71. The van der Waals surface area contributed by atoms with Crippen LogP contribution in [0.4, 0.5) is 5.69 Å². The zero-order chi connectivity index (χ0) is 12.1. The number of hydrogen-bond acceptors (Lipinski definition) is 2. The van der Waals surface area contributed by atoms with Crippen LogP contribution >= 0.6 is 23.2 Å². The van der Waals surface area contributed by atoms with Crippen LogP contribution in [0.2, 0.25) is 10.0 Å². The highest BCUT2D eigenvalue weighted by atomic mass is 35.5. The molecule has 0 saturated carbocycles. The number of imidazole rings is 1. The molecule has 0 atom stereocenters. The number of halogens is 2. The van der Waals surface area contributed by atoms with Gasteiger partial charge in [0.05, 0.1) is 17.0 Å². The molecule has 0 amide bonds. The Labute approximate surface area is 110 Å². The average Bonchev–Trinajstić information content (AvgIpc) is 2.82. The Hall–Kier alpha value is -1.19. The van der Waals surface area contributed by atoms with Crippen molar-refractivity contribution < 1.29 is 0 Å². The zero-order valence-electron chi connectivity index (χ0n) is 9.24. The third-order valence-corrected chi connectivity index (χ3v) is 2.96. The summed E-state index contributed by atoms with van der Waals surface area (Å²) in [6.45, 7) is 1.78. The SMILES string of the molecule is Clc1ccc(Cl)c(NCCCn2ccnc2)c1. The fourth-order valence-electron chi connectivity index (χ4n) is 1.54. The van der Waals surface area contributed by atoms with Crippen LogP contribution in [0.1, 0.15) is 6.42 Å². The minimum atomic E-state index is 0.687. The molecule has 3 nitrogen and oxygen atoms in total. The van der Waals surface area contributed by atoms with E-state index in [1.54, 1.807) is 18.3 Å². The lowest BCUT2D eigenvalue weighted by Crippen LogP contribution is -2.06. The van der Waals surface area contributed by atoms with Gasteiger partial charge in [0, 0.05) is 30.5 Å². The van der Waals surface area contributed by atoms with Gasteiger partial charge in [-0.15, -0.1) is 0 Å². The molecule has 0 spiro atoms. The van der Waals surface area contributed by atoms with E-state index in [4.69, 9.17) is 23.2 Å². The maximum absolute atomic E-state index is 6.04. The normalized spacial score (nSPS) is 10.5. The Kier molecular flexibility index (Phi) is 4.29. The van der Waals surface area contributed by atoms with E-state index in [0.717, 1.165) is 25.2 Å². The number of rotatable bonds is 5. The lowest BCUT2D eigenvalue weighted by Gasteiger charge is -2.08. The molecule has 1 N–H and O–H groups in total. The molecule has 0 radical (unpaired) electrons. The van der Waals surface area contributed by atoms with E-state index in [2.05, 4.69) is 10.3 Å². The van der Waals surface area contributed by atoms with Gasteiger partial charge in [-0.25, -0.2) is 4.98 Å². The molecule has 0 fully saturated rings. The first-order chi connectivity index (χ1) is 8.25. The molecule has 0 saturated heterocycles. The van der Waals surface area contributed by atoms with E-state index in [1.807, 2.05) is 23.2 Å². The maximum atomic E-state index is 6.04. The smallest absolute Gasteiger partial charge is 0.0945 e. The number of nitrogens with one attached hydrogen (secondary N) is 1. The van der Waals surface area contributed by atoms with Crippen molar-refractivity contribution >= 4 is 28.9 Å². The fraction of sp³-hybridized carbons (Fsp3) is 0.250. The molecule has 0 aliphatic carbocycles. The number of aryl methyl sites for hydroxylation is 1. The van der Waals surface area contributed by atoms with Gasteiger partial charge in [-0.1, -0.05) is 23.2 Å². The molecule has 0 unspecified atom stereocenters. The van der Waals surface area contributed by atoms with E-state index < -0.39 is 0 Å². The average molecular weight is 270 g/mol. The molecule has 2 rings (SSSR count). The Bertz CT molecular complexity index is 469. The van der Waals surface area contributed by atoms with Crippen molar-refractivity contribution in [3.05, 3.63) is 47.0 Å². The summed E-state index contributed by atoms with van der Waals surface area (Å²) in [6, 6.07) is 5.41. The summed E-state index contributed by atoms with van der Waals surface area (Å²) in [6.07, 6.45) is 6.54. The van der Waals surface area contributed by atoms with Crippen LogP contribution in [-0.2, 0) is 6.54 Å². The first-order valence-corrected chi connectivity index (χ1v) is 6.16. The molecular weight excluding hydrogens is 257 g/mol. The van der Waals surface area contributed by atoms with E-state index in [0.29, 0.717) is 10.0 Å². The number of nitrogens with zero attached hydrogens (tertiary/aromatic N) is 2. The van der Waals surface area contributed by atoms with Gasteiger partial charge in [-0.05, 0) is 24.6 Å². The van der Waals surface area contributed by atoms with Crippen molar-refractivity contribution in [2.75, 3.05) is 11.9 Å². The van der Waals surface area contributed by atoms with Crippen molar-refractivity contribution in [2.45, 2.75) is 13.0 Å². The quantitative estimate of drug-likeness (QED) is 0.840. The van der Waals surface area contributed by atoms with Gasteiger partial charge in [0.2, 0.25) is 0 Å². The molecule has 2 aromatic rings. The van der Waals surface area contributed by atoms with Crippen molar-refractivity contribution in [3.8, 4) is 0 Å². The summed E-state index contributed by atoms with van der Waals surface area (Å²) < 4.78 is 2.04. The van der Waals surface area contributed by atoms with Gasteiger partial charge >= 0.3 is 0 Å². The summed E-state index contributed by atoms with van der Waals surface area (Å²) >= 11 is 11.9. The topological polar surface area (TPSA) is 29.9 Å². The standard InChI is InChI=1S/C12H13Cl2N3/c13-10-2-3-11(14)12(8-10)16-4-1-6-17-7-5-15-9-17/h2-3,5,7-9,16H,1,4,6H2. The lowest BCUT2D eigenvalue weighted by atomic mass is 10.3. The molecule has 1 heterocycles. The fourth-order valence-corrected chi connectivity index (χ4v) is 1.89. The molecular formula is C12H13Cl2N3. The van der Waals surface area contributed by atoms with E-state index in [1.165, 1.54) is 0 Å². The molecule has 0 bridgehead atoms. The number of anilines is 1. The van der Waals surface area contributed by atoms with Gasteiger partial charge in [0.25, 0.3) is 0 Å². The summed E-state index contributed by atoms with van der Waals surface area (Å²) in [7, 11) is 0. The predicted molar refractivity (Wildman–Crippen MR) is 71.8 cm³/mol. The highest BCUT2D eigenvalue weighted by Crippen LogP contribution is 2.25. The molecule has 17 heavy (non-hydrogen) atoms. The molecule has 90 valence electrons. The van der Waals surface area contributed by atoms with Gasteiger partial charge in [0.1, 0.15) is 0 Å². The van der Waals surface area contributed by atoms with Crippen LogP contribution < -0.4 is 5.32 Å². The lowest BCUT2D eigenvalue weighted by molar-refractivity contribution is 0.661. The van der Waals surface area contributed by atoms with Crippen LogP contribution in [-0.4, -0.2) is 16.1 Å². The summed E-state index contributed by atoms with van der Waals surface area (Å²) in [5.41, 5.74) is 0.879. The van der Waals surface area contributed by atoms with E-state index in [9.17, 15) is 0 Å². The van der Waals surface area contributed by atoms with Gasteiger partial charge in [0.15, 0.2) is 0 Å². The summed E-state index contributed by atoms with van der Waals surface area (Å²) in [5.74, 6) is 0. The zero-order valence-corrected chi connectivity index (χ0v) is 10.7. The Morgan fingerprint density at radius 1 is 1.29 bits per heavy atom. The highest BCUT2D eigenvalue weighted by Gasteiger charge is 2.00. The molecule has 1 aromatic carbocycles. The second kappa shape index (κ2) is 5.94. The van der Waals surface area contributed by atoms with Gasteiger partial charge < -0.3 is 9.88 Å². The van der Waals surface area contributed by atoms with Crippen LogP contribution in [0, 0.1) is 0 Å². The Morgan fingerprint density at radius 3 is 2.94 bits per heavy atom. The van der Waals surface area contributed by atoms with E-state index in [-0.39, 0.29) is 0 Å². The molecule has 1 aromatic heterocycles. The first-order valence-electron chi connectivity index (χ1n) is 5.40. The largest absolute Gasteiger partial charge is 0.384 e. The van der Waals surface area contributed by atoms with Crippen LogP contribution in [0.5, 0.6) is 0 Å². The van der Waals surface area contributed by atoms with Crippen LogP contribution in [0.25, 0.3) is 0 Å². The van der Waals surface area contributed by atoms with Crippen LogP contribution in [0.3, 0.4) is 0 Å². The van der Waals surface area contributed by atoms with Crippen LogP contribution in [0.15, 0.2) is 36.9 Å². The number of aromatic nitrogens is 2. The third kappa shape index (κ3) is 3.65. The highest BCUT2D eigenvalue weighted by molar-refractivity contribution is 6.35. The Morgan fingerprint density at radius 2 is 2.18 bits per heavy atom. The molecule has 0 aliphatic rings. The second-order valence-corrected chi connectivity index (χ2v) is 4.55. The number of hydrogen-bond donors (Lipinski definition) is 1. The molecule has 0 aliphatic heterocycles. The minimum Gasteiger partial charge on any atom is -0.384 e. The summed E-state index contributed by atoms with van der Waals surface area (Å²) in [5, 5.41) is 4.64. The minimum absolute atomic E-state index is 0.687. The monoisotopic (exact) mass is 269 g/mol. The van der Waals surface area contributed by atoms with Gasteiger partial charge in [-0.3, -0.25) is 0 Å². The first kappa shape index (κ1) is 12.3. The van der Waals surface area contributed by atoms with Gasteiger partial charge in [-0.2, -0.15) is 0 Å². The molecule has 5 heteroatoms.